The van der Waals surface area contributed by atoms with Crippen LogP contribution in [0.5, 0.6) is 0 Å². The molecule has 0 bridgehead atoms. The number of hydrogen-bond donors (Lipinski definition) is 1. The van der Waals surface area contributed by atoms with Gasteiger partial charge in [0.1, 0.15) is 5.65 Å². The smallest absolute Gasteiger partial charge is 0.232 e. The predicted molar refractivity (Wildman–Crippen MR) is 74.4 cm³/mol. The largest absolute Gasteiger partial charge is 0.307 e. The molecule has 0 aliphatic carbocycles. The lowest BCUT2D eigenvalue weighted by Gasteiger charge is -1.98. The van der Waals surface area contributed by atoms with Crippen LogP contribution in [0, 0.1) is 6.92 Å². The molecule has 0 radical (unpaired) electrons. The van der Waals surface area contributed by atoms with Gasteiger partial charge in [-0.15, -0.1) is 11.3 Å². The average molecular weight is 272 g/mol. The molecule has 3 rings (SSSR count). The summed E-state index contributed by atoms with van der Waals surface area (Å²) in [6.45, 7) is 2.00. The molecular weight excluding hydrogens is 260 g/mol. The van der Waals surface area contributed by atoms with E-state index in [2.05, 4.69) is 15.3 Å². The Bertz CT molecular complexity index is 717. The van der Waals surface area contributed by atoms with Crippen molar-refractivity contribution in [2.24, 2.45) is 0 Å². The number of nitrogens with zero attached hydrogens (tertiary/aromatic N) is 3. The first-order valence-electron chi connectivity index (χ1n) is 5.85. The van der Waals surface area contributed by atoms with E-state index in [0.717, 1.165) is 16.9 Å². The van der Waals surface area contributed by atoms with Crippen LogP contribution in [0.3, 0.4) is 0 Å². The van der Waals surface area contributed by atoms with E-state index in [9.17, 15) is 4.79 Å². The highest BCUT2D eigenvalue weighted by molar-refractivity contribution is 7.13. The minimum atomic E-state index is -0.101. The molecule has 0 unspecified atom stereocenters. The molecule has 1 N–H and O–H groups in total. The number of amides is 1. The van der Waals surface area contributed by atoms with E-state index in [-0.39, 0.29) is 12.3 Å². The van der Waals surface area contributed by atoms with Crippen LogP contribution in [0.1, 0.15) is 11.3 Å². The Morgan fingerprint density at radius 2 is 2.42 bits per heavy atom. The SMILES string of the molecule is Cc1cccn2cc(CC(=O)Nc3nccs3)nc12. The van der Waals surface area contributed by atoms with Crippen molar-refractivity contribution in [3.63, 3.8) is 0 Å². The molecule has 96 valence electrons. The number of aromatic nitrogens is 3. The van der Waals surface area contributed by atoms with Crippen molar-refractivity contribution in [2.75, 3.05) is 5.32 Å². The molecule has 3 aromatic rings. The van der Waals surface area contributed by atoms with Gasteiger partial charge in [-0.1, -0.05) is 6.07 Å². The standard InChI is InChI=1S/C13H12N4OS/c1-9-3-2-5-17-8-10(15-12(9)17)7-11(18)16-13-14-4-6-19-13/h2-6,8H,7H2,1H3,(H,14,16,18). The lowest BCUT2D eigenvalue weighted by atomic mass is 10.3. The second-order valence-electron chi connectivity index (χ2n) is 4.22. The minimum absolute atomic E-state index is 0.101. The Kier molecular flexibility index (Phi) is 3.00. The fraction of sp³-hybridized carbons (Fsp3) is 0.154. The molecule has 5 nitrogen and oxygen atoms in total. The van der Waals surface area contributed by atoms with Crippen LogP contribution in [0.4, 0.5) is 5.13 Å². The van der Waals surface area contributed by atoms with E-state index < -0.39 is 0 Å². The molecular formula is C13H12N4OS. The first-order valence-corrected chi connectivity index (χ1v) is 6.73. The predicted octanol–water partition coefficient (Wildman–Crippen LogP) is 2.28. The highest BCUT2D eigenvalue weighted by Crippen LogP contribution is 2.13. The van der Waals surface area contributed by atoms with Crippen LogP contribution in [0.2, 0.25) is 0 Å². The maximum Gasteiger partial charge on any atom is 0.232 e. The average Bonchev–Trinajstić information content (AvgIpc) is 2.98. The monoisotopic (exact) mass is 272 g/mol. The summed E-state index contributed by atoms with van der Waals surface area (Å²) in [5.41, 5.74) is 2.73. The van der Waals surface area contributed by atoms with Gasteiger partial charge in [-0.05, 0) is 18.6 Å². The number of rotatable bonds is 3. The van der Waals surface area contributed by atoms with E-state index in [1.165, 1.54) is 11.3 Å². The van der Waals surface area contributed by atoms with E-state index in [1.807, 2.05) is 41.2 Å². The number of carbonyl (C=O) groups excluding carboxylic acids is 1. The maximum atomic E-state index is 11.8. The Hall–Kier alpha value is -2.21. The topological polar surface area (TPSA) is 59.3 Å². The zero-order valence-electron chi connectivity index (χ0n) is 10.3. The van der Waals surface area contributed by atoms with Crippen LogP contribution in [-0.2, 0) is 11.2 Å². The lowest BCUT2D eigenvalue weighted by molar-refractivity contribution is -0.115. The third-order valence-electron chi connectivity index (χ3n) is 2.75. The molecule has 3 aromatic heterocycles. The number of pyridine rings is 1. The molecule has 0 fully saturated rings. The number of aryl methyl sites for hydroxylation is 1. The van der Waals surface area contributed by atoms with E-state index in [1.54, 1.807) is 6.20 Å². The second-order valence-corrected chi connectivity index (χ2v) is 5.11. The molecule has 0 spiro atoms. The third-order valence-corrected chi connectivity index (χ3v) is 3.44. The quantitative estimate of drug-likeness (QED) is 0.795. The Balaban J connectivity index is 1.78. The van der Waals surface area contributed by atoms with Crippen LogP contribution in [0.25, 0.3) is 5.65 Å². The van der Waals surface area contributed by atoms with Crippen molar-refractivity contribution in [3.8, 4) is 0 Å². The molecule has 0 saturated heterocycles. The summed E-state index contributed by atoms with van der Waals surface area (Å²) in [4.78, 5) is 20.3. The Labute approximate surface area is 113 Å². The van der Waals surface area contributed by atoms with Crippen LogP contribution >= 0.6 is 11.3 Å². The fourth-order valence-electron chi connectivity index (χ4n) is 1.90. The summed E-state index contributed by atoms with van der Waals surface area (Å²) in [6, 6.07) is 3.96. The molecule has 1 amide bonds. The number of nitrogens with one attached hydrogen (secondary N) is 1. The molecule has 0 aliphatic heterocycles. The van der Waals surface area contributed by atoms with Gasteiger partial charge in [-0.2, -0.15) is 0 Å². The van der Waals surface area contributed by atoms with Gasteiger partial charge in [-0.25, -0.2) is 9.97 Å². The van der Waals surface area contributed by atoms with Crippen molar-refractivity contribution >= 4 is 28.0 Å². The molecule has 6 heteroatoms. The Morgan fingerprint density at radius 1 is 1.53 bits per heavy atom. The summed E-state index contributed by atoms with van der Waals surface area (Å²) >= 11 is 1.40. The third kappa shape index (κ3) is 2.48. The van der Waals surface area contributed by atoms with E-state index in [0.29, 0.717) is 5.13 Å². The van der Waals surface area contributed by atoms with E-state index in [4.69, 9.17) is 0 Å². The van der Waals surface area contributed by atoms with Crippen LogP contribution in [0.15, 0.2) is 36.1 Å². The van der Waals surface area contributed by atoms with Gasteiger partial charge in [0.15, 0.2) is 5.13 Å². The molecule has 3 heterocycles. The molecule has 0 aromatic carbocycles. The van der Waals surface area contributed by atoms with E-state index >= 15 is 0 Å². The highest BCUT2D eigenvalue weighted by Gasteiger charge is 2.09. The zero-order chi connectivity index (χ0) is 13.2. The van der Waals surface area contributed by atoms with Crippen molar-refractivity contribution in [1.82, 2.24) is 14.4 Å². The van der Waals surface area contributed by atoms with Crippen molar-refractivity contribution in [1.29, 1.82) is 0 Å². The fourth-order valence-corrected chi connectivity index (χ4v) is 2.45. The van der Waals surface area contributed by atoms with Gasteiger partial charge in [0.25, 0.3) is 0 Å². The highest BCUT2D eigenvalue weighted by atomic mass is 32.1. The number of thiazole rings is 1. The van der Waals surface area contributed by atoms with Gasteiger partial charge in [0, 0.05) is 24.0 Å². The first kappa shape index (κ1) is 11.9. The summed E-state index contributed by atoms with van der Waals surface area (Å²) < 4.78 is 1.93. The maximum absolute atomic E-state index is 11.8. The van der Waals surface area contributed by atoms with Gasteiger partial charge in [-0.3, -0.25) is 4.79 Å². The lowest BCUT2D eigenvalue weighted by Crippen LogP contribution is -2.14. The summed E-state index contributed by atoms with van der Waals surface area (Å²) in [5.74, 6) is -0.101. The van der Waals surface area contributed by atoms with Crippen LogP contribution in [-0.4, -0.2) is 20.3 Å². The van der Waals surface area contributed by atoms with Crippen molar-refractivity contribution < 1.29 is 4.79 Å². The molecule has 0 saturated carbocycles. The zero-order valence-corrected chi connectivity index (χ0v) is 11.1. The number of anilines is 1. The van der Waals surface area contributed by atoms with Gasteiger partial charge < -0.3 is 9.72 Å². The van der Waals surface area contributed by atoms with Gasteiger partial charge in [0.05, 0.1) is 12.1 Å². The number of fused-ring (bicyclic) bond motifs is 1. The normalized spacial score (nSPS) is 10.8. The number of imidazole rings is 1. The van der Waals surface area contributed by atoms with Gasteiger partial charge >= 0.3 is 0 Å². The Morgan fingerprint density at radius 3 is 3.16 bits per heavy atom. The van der Waals surface area contributed by atoms with Crippen LogP contribution < -0.4 is 5.32 Å². The summed E-state index contributed by atoms with van der Waals surface area (Å²) in [7, 11) is 0. The van der Waals surface area contributed by atoms with Crippen molar-refractivity contribution in [3.05, 3.63) is 47.4 Å². The number of hydrogen-bond acceptors (Lipinski definition) is 4. The molecule has 0 atom stereocenters. The summed E-state index contributed by atoms with van der Waals surface area (Å²) in [6.07, 6.45) is 5.72. The van der Waals surface area contributed by atoms with Crippen molar-refractivity contribution in [2.45, 2.75) is 13.3 Å². The first-order chi connectivity index (χ1) is 9.22. The molecule has 19 heavy (non-hydrogen) atoms. The van der Waals surface area contributed by atoms with Gasteiger partial charge in [0.2, 0.25) is 5.91 Å². The minimum Gasteiger partial charge on any atom is -0.307 e. The number of carbonyl (C=O) groups is 1. The second kappa shape index (κ2) is 4.81. The molecule has 0 aliphatic rings. The summed E-state index contributed by atoms with van der Waals surface area (Å²) in [5, 5.41) is 5.19.